The molecule has 0 atom stereocenters. The summed E-state index contributed by atoms with van der Waals surface area (Å²) in [6.07, 6.45) is 3.25. The molecule has 1 N–H and O–H groups in total. The summed E-state index contributed by atoms with van der Waals surface area (Å²) in [5.74, 6) is 1.58. The zero-order chi connectivity index (χ0) is 20.8. The molecule has 1 fully saturated rings. The Morgan fingerprint density at radius 1 is 1.10 bits per heavy atom. The van der Waals surface area contributed by atoms with Crippen LogP contribution in [0, 0.1) is 0 Å². The number of rotatable bonds is 6. The third-order valence-electron chi connectivity index (χ3n) is 4.63. The Labute approximate surface area is 183 Å². The molecule has 1 saturated heterocycles. The molecular formula is C22H21BrN4O3. The van der Waals surface area contributed by atoms with E-state index in [9.17, 15) is 4.79 Å². The quantitative estimate of drug-likeness (QED) is 0.592. The Balaban J connectivity index is 1.40. The van der Waals surface area contributed by atoms with Crippen LogP contribution in [0.1, 0.15) is 15.9 Å². The number of nitrogens with zero attached hydrogens (tertiary/aromatic N) is 3. The van der Waals surface area contributed by atoms with Crippen molar-refractivity contribution in [3.8, 4) is 11.6 Å². The van der Waals surface area contributed by atoms with E-state index in [1.54, 1.807) is 36.7 Å². The normalized spacial score (nSPS) is 13.7. The fourth-order valence-corrected chi connectivity index (χ4v) is 3.55. The van der Waals surface area contributed by atoms with Crippen molar-refractivity contribution in [3.63, 3.8) is 0 Å². The molecule has 0 saturated carbocycles. The SMILES string of the molecule is O=C(NCc1cccc(Br)c1)c1ccc(Oc2nccnc2N2CCOCC2)cc1. The van der Waals surface area contributed by atoms with Gasteiger partial charge in [0, 0.05) is 42.1 Å². The lowest BCUT2D eigenvalue weighted by atomic mass is 10.2. The predicted octanol–water partition coefficient (Wildman–Crippen LogP) is 3.80. The highest BCUT2D eigenvalue weighted by Gasteiger charge is 2.18. The minimum atomic E-state index is -0.143. The van der Waals surface area contributed by atoms with Crippen LogP contribution in [0.4, 0.5) is 5.82 Å². The number of morpholine rings is 1. The topological polar surface area (TPSA) is 76.6 Å². The number of amides is 1. The second-order valence-electron chi connectivity index (χ2n) is 6.72. The van der Waals surface area contributed by atoms with E-state index in [1.807, 2.05) is 24.3 Å². The molecule has 0 unspecified atom stereocenters. The Morgan fingerprint density at radius 2 is 1.87 bits per heavy atom. The van der Waals surface area contributed by atoms with Gasteiger partial charge in [-0.05, 0) is 42.0 Å². The average molecular weight is 469 g/mol. The molecule has 0 aliphatic carbocycles. The van der Waals surface area contributed by atoms with E-state index >= 15 is 0 Å². The average Bonchev–Trinajstić information content (AvgIpc) is 2.79. The molecule has 1 aromatic heterocycles. The summed E-state index contributed by atoms with van der Waals surface area (Å²) >= 11 is 3.43. The van der Waals surface area contributed by atoms with Gasteiger partial charge in [-0.15, -0.1) is 0 Å². The highest BCUT2D eigenvalue weighted by molar-refractivity contribution is 9.10. The summed E-state index contributed by atoms with van der Waals surface area (Å²) < 4.78 is 12.3. The molecular weight excluding hydrogens is 448 g/mol. The van der Waals surface area contributed by atoms with Gasteiger partial charge in [0.2, 0.25) is 0 Å². The van der Waals surface area contributed by atoms with Gasteiger partial charge in [0.25, 0.3) is 11.8 Å². The Hall–Kier alpha value is -2.97. The minimum Gasteiger partial charge on any atom is -0.436 e. The fraction of sp³-hybridized carbons (Fsp3) is 0.227. The second-order valence-corrected chi connectivity index (χ2v) is 7.64. The first-order valence-electron chi connectivity index (χ1n) is 9.63. The smallest absolute Gasteiger partial charge is 0.263 e. The molecule has 1 aliphatic rings. The van der Waals surface area contributed by atoms with Crippen molar-refractivity contribution >= 4 is 27.7 Å². The summed E-state index contributed by atoms with van der Waals surface area (Å²) in [6.45, 7) is 3.25. The molecule has 1 aliphatic heterocycles. The predicted molar refractivity (Wildman–Crippen MR) is 117 cm³/mol. The lowest BCUT2D eigenvalue weighted by molar-refractivity contribution is 0.0951. The summed E-state index contributed by atoms with van der Waals surface area (Å²) in [4.78, 5) is 23.3. The third-order valence-corrected chi connectivity index (χ3v) is 5.12. The largest absolute Gasteiger partial charge is 0.436 e. The van der Waals surface area contributed by atoms with E-state index in [1.165, 1.54) is 0 Å². The standard InChI is InChI=1S/C22H21BrN4O3/c23-18-3-1-2-16(14-18)15-26-21(28)17-4-6-19(7-5-17)30-22-20(24-8-9-25-22)27-10-12-29-13-11-27/h1-9,14H,10-13,15H2,(H,26,28). The van der Waals surface area contributed by atoms with Crippen molar-refractivity contribution in [2.45, 2.75) is 6.54 Å². The van der Waals surface area contributed by atoms with Crippen LogP contribution >= 0.6 is 15.9 Å². The first kappa shape index (κ1) is 20.3. The van der Waals surface area contributed by atoms with Crippen LogP contribution < -0.4 is 15.0 Å². The molecule has 0 bridgehead atoms. The molecule has 3 aromatic rings. The lowest BCUT2D eigenvalue weighted by Crippen LogP contribution is -2.37. The van der Waals surface area contributed by atoms with E-state index in [0.717, 1.165) is 23.1 Å². The number of ether oxygens (including phenoxy) is 2. The monoisotopic (exact) mass is 468 g/mol. The molecule has 1 amide bonds. The summed E-state index contributed by atoms with van der Waals surface area (Å²) in [5.41, 5.74) is 1.58. The van der Waals surface area contributed by atoms with Gasteiger partial charge >= 0.3 is 0 Å². The zero-order valence-corrected chi connectivity index (χ0v) is 17.8. The fourth-order valence-electron chi connectivity index (χ4n) is 3.10. The van der Waals surface area contributed by atoms with Crippen molar-refractivity contribution in [1.82, 2.24) is 15.3 Å². The van der Waals surface area contributed by atoms with Gasteiger partial charge < -0.3 is 19.7 Å². The number of anilines is 1. The van der Waals surface area contributed by atoms with Crippen LogP contribution in [0.2, 0.25) is 0 Å². The van der Waals surface area contributed by atoms with Gasteiger partial charge in [-0.1, -0.05) is 28.1 Å². The number of nitrogens with one attached hydrogen (secondary N) is 1. The summed E-state index contributed by atoms with van der Waals surface area (Å²) in [6, 6.07) is 14.8. The number of carbonyl (C=O) groups excluding carboxylic acids is 1. The molecule has 0 spiro atoms. The van der Waals surface area contributed by atoms with E-state index in [0.29, 0.717) is 42.8 Å². The maximum Gasteiger partial charge on any atom is 0.263 e. The van der Waals surface area contributed by atoms with Gasteiger partial charge in [-0.3, -0.25) is 4.79 Å². The highest BCUT2D eigenvalue weighted by Crippen LogP contribution is 2.28. The molecule has 2 aromatic carbocycles. The van der Waals surface area contributed by atoms with Crippen LogP contribution in [-0.2, 0) is 11.3 Å². The van der Waals surface area contributed by atoms with Crippen molar-refractivity contribution in [2.75, 3.05) is 31.2 Å². The second kappa shape index (κ2) is 9.69. The van der Waals surface area contributed by atoms with Gasteiger partial charge in [-0.25, -0.2) is 9.97 Å². The third kappa shape index (κ3) is 5.14. The van der Waals surface area contributed by atoms with Crippen LogP contribution in [-0.4, -0.2) is 42.2 Å². The Kier molecular flexibility index (Phi) is 6.56. The molecule has 8 heteroatoms. The van der Waals surface area contributed by atoms with Crippen LogP contribution in [0.5, 0.6) is 11.6 Å². The number of benzene rings is 2. The Bertz CT molecular complexity index is 1010. The minimum absolute atomic E-state index is 0.143. The number of carbonyl (C=O) groups is 1. The van der Waals surface area contributed by atoms with Crippen LogP contribution in [0.3, 0.4) is 0 Å². The van der Waals surface area contributed by atoms with Crippen molar-refractivity contribution in [1.29, 1.82) is 0 Å². The van der Waals surface area contributed by atoms with Crippen LogP contribution in [0.25, 0.3) is 0 Å². The molecule has 0 radical (unpaired) electrons. The van der Waals surface area contributed by atoms with Crippen LogP contribution in [0.15, 0.2) is 65.4 Å². The van der Waals surface area contributed by atoms with Crippen molar-refractivity contribution in [2.24, 2.45) is 0 Å². The van der Waals surface area contributed by atoms with Gasteiger partial charge in [0.15, 0.2) is 5.82 Å². The summed E-state index contributed by atoms with van der Waals surface area (Å²) in [5, 5.41) is 2.92. The zero-order valence-electron chi connectivity index (χ0n) is 16.3. The molecule has 7 nitrogen and oxygen atoms in total. The number of hydrogen-bond donors (Lipinski definition) is 1. The van der Waals surface area contributed by atoms with Crippen molar-refractivity contribution < 1.29 is 14.3 Å². The van der Waals surface area contributed by atoms with E-state index in [4.69, 9.17) is 9.47 Å². The number of aromatic nitrogens is 2. The van der Waals surface area contributed by atoms with E-state index < -0.39 is 0 Å². The maximum atomic E-state index is 12.4. The van der Waals surface area contributed by atoms with E-state index in [-0.39, 0.29) is 5.91 Å². The number of halogens is 1. The van der Waals surface area contributed by atoms with Gasteiger partial charge in [-0.2, -0.15) is 0 Å². The molecule has 4 rings (SSSR count). The summed E-state index contributed by atoms with van der Waals surface area (Å²) in [7, 11) is 0. The first-order chi connectivity index (χ1) is 14.7. The lowest BCUT2D eigenvalue weighted by Gasteiger charge is -2.28. The van der Waals surface area contributed by atoms with Gasteiger partial charge in [0.1, 0.15) is 5.75 Å². The maximum absolute atomic E-state index is 12.4. The molecule has 30 heavy (non-hydrogen) atoms. The van der Waals surface area contributed by atoms with Gasteiger partial charge in [0.05, 0.1) is 13.2 Å². The molecule has 154 valence electrons. The first-order valence-corrected chi connectivity index (χ1v) is 10.4. The van der Waals surface area contributed by atoms with Crippen molar-refractivity contribution in [3.05, 3.63) is 76.5 Å². The number of hydrogen-bond acceptors (Lipinski definition) is 6. The molecule has 2 heterocycles. The van der Waals surface area contributed by atoms with E-state index in [2.05, 4.69) is 36.1 Å². The Morgan fingerprint density at radius 3 is 2.63 bits per heavy atom. The highest BCUT2D eigenvalue weighted by atomic mass is 79.9.